The molecule has 1 aliphatic heterocycles. The van der Waals surface area contributed by atoms with Crippen LogP contribution in [0.15, 0.2) is 28.9 Å². The number of piperazine rings is 1. The number of carbonyl (C=O) groups is 2. The van der Waals surface area contributed by atoms with Crippen LogP contribution < -0.4 is 0 Å². The zero-order chi connectivity index (χ0) is 16.4. The van der Waals surface area contributed by atoms with Crippen molar-refractivity contribution >= 4 is 11.8 Å². The highest BCUT2D eigenvalue weighted by molar-refractivity contribution is 5.93. The third kappa shape index (κ3) is 3.13. The van der Waals surface area contributed by atoms with Crippen molar-refractivity contribution in [2.75, 3.05) is 26.2 Å². The average Bonchev–Trinajstić information content (AvgIpc) is 3.24. The molecule has 1 N–H and O–H groups in total. The number of nitrogens with zero attached hydrogens (tertiary/aromatic N) is 3. The summed E-state index contributed by atoms with van der Waals surface area (Å²) in [4.78, 5) is 28.0. The van der Waals surface area contributed by atoms with Gasteiger partial charge in [-0.2, -0.15) is 5.10 Å². The summed E-state index contributed by atoms with van der Waals surface area (Å²) in [7, 11) is 0. The Labute approximate surface area is 134 Å². The molecule has 23 heavy (non-hydrogen) atoms. The molecule has 2 aromatic heterocycles. The highest BCUT2D eigenvalue weighted by atomic mass is 16.3. The number of amides is 2. The summed E-state index contributed by atoms with van der Waals surface area (Å²) in [5, 5.41) is 6.89. The number of aromatic nitrogens is 2. The van der Waals surface area contributed by atoms with E-state index in [4.69, 9.17) is 4.42 Å². The fourth-order valence-electron chi connectivity index (χ4n) is 2.65. The van der Waals surface area contributed by atoms with E-state index in [2.05, 4.69) is 10.2 Å². The number of carbonyl (C=O) groups excluding carboxylic acids is 2. The summed E-state index contributed by atoms with van der Waals surface area (Å²) < 4.78 is 5.28. The third-order valence-electron chi connectivity index (χ3n) is 3.96. The SMILES string of the molecule is CC(C)C(=O)N1CCN(C(=O)c2cc(-c3ccco3)[nH]n2)CC1. The second-order valence-corrected chi connectivity index (χ2v) is 5.92. The number of rotatable bonds is 3. The van der Waals surface area contributed by atoms with Gasteiger partial charge in [0.25, 0.3) is 5.91 Å². The molecule has 2 aromatic rings. The van der Waals surface area contributed by atoms with Crippen molar-refractivity contribution in [1.29, 1.82) is 0 Å². The van der Waals surface area contributed by atoms with Crippen molar-refractivity contribution in [1.82, 2.24) is 20.0 Å². The lowest BCUT2D eigenvalue weighted by Gasteiger charge is -2.35. The van der Waals surface area contributed by atoms with E-state index in [0.29, 0.717) is 43.3 Å². The largest absolute Gasteiger partial charge is 0.463 e. The van der Waals surface area contributed by atoms with Gasteiger partial charge in [0.05, 0.1) is 6.26 Å². The van der Waals surface area contributed by atoms with Crippen LogP contribution in [0.2, 0.25) is 0 Å². The molecule has 0 bridgehead atoms. The normalized spacial score (nSPS) is 15.3. The van der Waals surface area contributed by atoms with E-state index in [0.717, 1.165) is 0 Å². The zero-order valence-electron chi connectivity index (χ0n) is 13.3. The first kappa shape index (κ1) is 15.3. The molecule has 0 atom stereocenters. The average molecular weight is 316 g/mol. The van der Waals surface area contributed by atoms with Gasteiger partial charge in [0, 0.05) is 38.2 Å². The first-order valence-electron chi connectivity index (χ1n) is 7.73. The second-order valence-electron chi connectivity index (χ2n) is 5.92. The lowest BCUT2D eigenvalue weighted by molar-refractivity contribution is -0.135. The first-order chi connectivity index (χ1) is 11.1. The molecule has 1 fully saturated rings. The van der Waals surface area contributed by atoms with E-state index < -0.39 is 0 Å². The lowest BCUT2D eigenvalue weighted by atomic mass is 10.1. The highest BCUT2D eigenvalue weighted by Crippen LogP contribution is 2.19. The van der Waals surface area contributed by atoms with E-state index in [1.54, 1.807) is 29.4 Å². The number of H-pyrrole nitrogens is 1. The fraction of sp³-hybridized carbons (Fsp3) is 0.438. The molecule has 2 amide bonds. The minimum atomic E-state index is -0.129. The topological polar surface area (TPSA) is 82.4 Å². The van der Waals surface area contributed by atoms with Crippen molar-refractivity contribution < 1.29 is 14.0 Å². The molecule has 0 aliphatic carbocycles. The molecule has 0 spiro atoms. The summed E-state index contributed by atoms with van der Waals surface area (Å²) in [5.41, 5.74) is 1.03. The van der Waals surface area contributed by atoms with Crippen LogP contribution in [0.4, 0.5) is 0 Å². The Balaban J connectivity index is 1.63. The maximum absolute atomic E-state index is 12.5. The summed E-state index contributed by atoms with van der Waals surface area (Å²) in [6.45, 7) is 5.97. The molecule has 0 unspecified atom stereocenters. The van der Waals surface area contributed by atoms with Crippen LogP contribution in [0.5, 0.6) is 0 Å². The van der Waals surface area contributed by atoms with Crippen molar-refractivity contribution in [3.05, 3.63) is 30.2 Å². The summed E-state index contributed by atoms with van der Waals surface area (Å²) in [6.07, 6.45) is 1.57. The molecule has 0 saturated carbocycles. The van der Waals surface area contributed by atoms with E-state index in [1.165, 1.54) is 0 Å². The molecule has 7 heteroatoms. The monoisotopic (exact) mass is 316 g/mol. The molecule has 0 aromatic carbocycles. The number of furan rings is 1. The summed E-state index contributed by atoms with van der Waals surface area (Å²) in [5.74, 6) is 0.635. The van der Waals surface area contributed by atoms with Gasteiger partial charge in [-0.15, -0.1) is 0 Å². The molecule has 3 heterocycles. The van der Waals surface area contributed by atoms with Gasteiger partial charge in [0.1, 0.15) is 5.69 Å². The number of aromatic amines is 1. The Bertz CT molecular complexity index is 682. The molecule has 1 saturated heterocycles. The standard InChI is InChI=1S/C16H20N4O3/c1-11(2)15(21)19-5-7-20(8-6-19)16(22)13-10-12(17-18-13)14-4-3-9-23-14/h3-4,9-11H,5-8H2,1-2H3,(H,17,18). The Morgan fingerprint density at radius 3 is 2.52 bits per heavy atom. The van der Waals surface area contributed by atoms with Crippen LogP contribution >= 0.6 is 0 Å². The first-order valence-corrected chi connectivity index (χ1v) is 7.73. The molecule has 3 rings (SSSR count). The second kappa shape index (κ2) is 6.28. The smallest absolute Gasteiger partial charge is 0.274 e. The maximum Gasteiger partial charge on any atom is 0.274 e. The zero-order valence-corrected chi connectivity index (χ0v) is 13.3. The van der Waals surface area contributed by atoms with Crippen LogP contribution in [-0.4, -0.2) is 58.0 Å². The van der Waals surface area contributed by atoms with E-state index >= 15 is 0 Å². The van der Waals surface area contributed by atoms with E-state index in [1.807, 2.05) is 18.7 Å². The van der Waals surface area contributed by atoms with Gasteiger partial charge in [-0.1, -0.05) is 13.8 Å². The van der Waals surface area contributed by atoms with E-state index in [9.17, 15) is 9.59 Å². The Morgan fingerprint density at radius 2 is 1.91 bits per heavy atom. The van der Waals surface area contributed by atoms with Gasteiger partial charge in [0.2, 0.25) is 5.91 Å². The molecule has 0 radical (unpaired) electrons. The predicted octanol–water partition coefficient (Wildman–Crippen LogP) is 1.61. The Kier molecular flexibility index (Phi) is 4.18. The van der Waals surface area contributed by atoms with Crippen molar-refractivity contribution in [3.63, 3.8) is 0 Å². The van der Waals surface area contributed by atoms with Gasteiger partial charge >= 0.3 is 0 Å². The molecular weight excluding hydrogens is 296 g/mol. The van der Waals surface area contributed by atoms with Crippen LogP contribution in [0.1, 0.15) is 24.3 Å². The highest BCUT2D eigenvalue weighted by Gasteiger charge is 2.27. The Hall–Kier alpha value is -2.57. The fourth-order valence-corrected chi connectivity index (χ4v) is 2.65. The van der Waals surface area contributed by atoms with Gasteiger partial charge in [-0.3, -0.25) is 14.7 Å². The van der Waals surface area contributed by atoms with Crippen LogP contribution in [0.3, 0.4) is 0 Å². The van der Waals surface area contributed by atoms with Crippen molar-refractivity contribution in [2.24, 2.45) is 5.92 Å². The minimum absolute atomic E-state index is 0.0144. The van der Waals surface area contributed by atoms with Gasteiger partial charge < -0.3 is 14.2 Å². The number of nitrogens with one attached hydrogen (secondary N) is 1. The van der Waals surface area contributed by atoms with Gasteiger partial charge in [-0.25, -0.2) is 0 Å². The van der Waals surface area contributed by atoms with Crippen LogP contribution in [-0.2, 0) is 4.79 Å². The minimum Gasteiger partial charge on any atom is -0.463 e. The Morgan fingerprint density at radius 1 is 1.22 bits per heavy atom. The predicted molar refractivity (Wildman–Crippen MR) is 83.6 cm³/mol. The number of hydrogen-bond donors (Lipinski definition) is 1. The summed E-state index contributed by atoms with van der Waals surface area (Å²) in [6, 6.07) is 5.27. The lowest BCUT2D eigenvalue weighted by Crippen LogP contribution is -2.51. The molecule has 122 valence electrons. The third-order valence-corrected chi connectivity index (χ3v) is 3.96. The van der Waals surface area contributed by atoms with Crippen molar-refractivity contribution in [3.8, 4) is 11.5 Å². The molecular formula is C16H20N4O3. The molecule has 1 aliphatic rings. The quantitative estimate of drug-likeness (QED) is 0.932. The van der Waals surface area contributed by atoms with Gasteiger partial charge in [-0.05, 0) is 12.1 Å². The number of hydrogen-bond acceptors (Lipinski definition) is 4. The van der Waals surface area contributed by atoms with Crippen LogP contribution in [0.25, 0.3) is 11.5 Å². The van der Waals surface area contributed by atoms with Crippen LogP contribution in [0, 0.1) is 5.92 Å². The maximum atomic E-state index is 12.5. The van der Waals surface area contributed by atoms with Gasteiger partial charge in [0.15, 0.2) is 11.5 Å². The van der Waals surface area contributed by atoms with Crippen molar-refractivity contribution in [2.45, 2.75) is 13.8 Å². The summed E-state index contributed by atoms with van der Waals surface area (Å²) >= 11 is 0. The van der Waals surface area contributed by atoms with E-state index in [-0.39, 0.29) is 17.7 Å². The molecule has 7 nitrogen and oxygen atoms in total.